The zero-order valence-corrected chi connectivity index (χ0v) is 25.8. The Morgan fingerprint density at radius 1 is 1.10 bits per heavy atom. The van der Waals surface area contributed by atoms with Crippen LogP contribution in [0.25, 0.3) is 0 Å². The lowest BCUT2D eigenvalue weighted by atomic mass is 9.53. The van der Waals surface area contributed by atoms with Crippen molar-refractivity contribution in [2.75, 3.05) is 39.4 Å². The SMILES string of the molecule is CC(C)N1C(=O)N(C2CCOC2)CC12CC1N(C[C@H]3CN(C(=O)CC(C)(C)C)C[C@@H]3c3ccccc3)C3CCC31C2. The number of ether oxygens (including phenoxy) is 1. The number of amides is 3. The molecule has 0 aromatic heterocycles. The van der Waals surface area contributed by atoms with Crippen molar-refractivity contribution >= 4 is 11.9 Å². The van der Waals surface area contributed by atoms with Gasteiger partial charge in [0.25, 0.3) is 0 Å². The molecular weight excluding hydrogens is 512 g/mol. The largest absolute Gasteiger partial charge is 0.379 e. The van der Waals surface area contributed by atoms with Crippen LogP contribution in [0.4, 0.5) is 4.79 Å². The molecule has 1 aromatic carbocycles. The van der Waals surface area contributed by atoms with E-state index in [9.17, 15) is 9.59 Å². The summed E-state index contributed by atoms with van der Waals surface area (Å²) in [5.41, 5.74) is 1.68. The molecule has 6 aliphatic rings. The van der Waals surface area contributed by atoms with Crippen LogP contribution in [-0.2, 0) is 9.53 Å². The van der Waals surface area contributed by atoms with Gasteiger partial charge in [-0.3, -0.25) is 9.69 Å². The summed E-state index contributed by atoms with van der Waals surface area (Å²) in [7, 11) is 0. The Kier molecular flexibility index (Phi) is 6.55. The van der Waals surface area contributed by atoms with E-state index in [-0.39, 0.29) is 29.1 Å². The van der Waals surface area contributed by atoms with Gasteiger partial charge in [0.1, 0.15) is 0 Å². The Labute approximate surface area is 246 Å². The van der Waals surface area contributed by atoms with Crippen molar-refractivity contribution in [2.45, 2.75) is 109 Å². The summed E-state index contributed by atoms with van der Waals surface area (Å²) in [5.74, 6) is 1.12. The molecule has 4 aliphatic heterocycles. The monoisotopic (exact) mass is 562 g/mol. The third kappa shape index (κ3) is 4.35. The van der Waals surface area contributed by atoms with Crippen molar-refractivity contribution in [1.82, 2.24) is 19.6 Å². The number of benzene rings is 1. The van der Waals surface area contributed by atoms with E-state index in [2.05, 4.69) is 84.6 Å². The van der Waals surface area contributed by atoms with E-state index in [1.54, 1.807) is 0 Å². The van der Waals surface area contributed by atoms with Gasteiger partial charge in [-0.15, -0.1) is 0 Å². The lowest BCUT2D eigenvalue weighted by Crippen LogP contribution is -2.75. The van der Waals surface area contributed by atoms with Crippen LogP contribution >= 0.6 is 0 Å². The normalized spacial score (nSPS) is 38.5. The quantitative estimate of drug-likeness (QED) is 0.492. The number of urea groups is 1. The highest BCUT2D eigenvalue weighted by Gasteiger charge is 2.75. The van der Waals surface area contributed by atoms with Gasteiger partial charge in [-0.2, -0.15) is 0 Å². The summed E-state index contributed by atoms with van der Waals surface area (Å²) in [4.78, 5) is 36.6. The Balaban J connectivity index is 1.12. The Morgan fingerprint density at radius 2 is 1.88 bits per heavy atom. The molecule has 6 fully saturated rings. The maximum Gasteiger partial charge on any atom is 0.321 e. The molecule has 4 saturated heterocycles. The van der Waals surface area contributed by atoms with Gasteiger partial charge in [-0.25, -0.2) is 4.79 Å². The van der Waals surface area contributed by atoms with Crippen LogP contribution < -0.4 is 0 Å². The van der Waals surface area contributed by atoms with Gasteiger partial charge in [-0.1, -0.05) is 51.1 Å². The second-order valence-electron chi connectivity index (χ2n) is 15.8. The van der Waals surface area contributed by atoms with E-state index in [1.165, 1.54) is 18.4 Å². The molecule has 7 heteroatoms. The van der Waals surface area contributed by atoms with Gasteiger partial charge in [0.2, 0.25) is 5.91 Å². The maximum absolute atomic E-state index is 13.8. The average molecular weight is 563 g/mol. The molecule has 2 saturated carbocycles. The Hall–Kier alpha value is -2.12. The van der Waals surface area contributed by atoms with Crippen molar-refractivity contribution in [3.05, 3.63) is 35.9 Å². The van der Waals surface area contributed by atoms with Gasteiger partial charge < -0.3 is 19.4 Å². The predicted octanol–water partition coefficient (Wildman–Crippen LogP) is 4.97. The zero-order chi connectivity index (χ0) is 28.7. The summed E-state index contributed by atoms with van der Waals surface area (Å²) >= 11 is 0. The first-order chi connectivity index (χ1) is 19.5. The highest BCUT2D eigenvalue weighted by Crippen LogP contribution is 2.69. The van der Waals surface area contributed by atoms with Crippen molar-refractivity contribution in [3.63, 3.8) is 0 Å². The molecule has 0 N–H and O–H groups in total. The fraction of sp³-hybridized carbons (Fsp3) is 0.765. The number of hydrogen-bond donors (Lipinski definition) is 0. The molecule has 0 radical (unpaired) electrons. The lowest BCUT2D eigenvalue weighted by molar-refractivity contribution is -0.193. The van der Waals surface area contributed by atoms with E-state index in [1.807, 2.05) is 0 Å². The molecule has 7 rings (SSSR count). The minimum Gasteiger partial charge on any atom is -0.379 e. The molecule has 7 atom stereocenters. The minimum absolute atomic E-state index is 0.00189. The number of rotatable bonds is 6. The van der Waals surface area contributed by atoms with Crippen LogP contribution in [0.1, 0.15) is 84.6 Å². The topological polar surface area (TPSA) is 56.3 Å². The van der Waals surface area contributed by atoms with Crippen molar-refractivity contribution in [1.29, 1.82) is 0 Å². The molecule has 5 unspecified atom stereocenters. The van der Waals surface area contributed by atoms with Crippen molar-refractivity contribution < 1.29 is 14.3 Å². The Bertz CT molecular complexity index is 1180. The van der Waals surface area contributed by atoms with Crippen LogP contribution in [0.15, 0.2) is 30.3 Å². The lowest BCUT2D eigenvalue weighted by Gasteiger charge is -2.69. The fourth-order valence-electron chi connectivity index (χ4n) is 10.0. The van der Waals surface area contributed by atoms with Crippen LogP contribution in [0.2, 0.25) is 0 Å². The third-order valence-electron chi connectivity index (χ3n) is 11.7. The molecule has 3 amide bonds. The predicted molar refractivity (Wildman–Crippen MR) is 160 cm³/mol. The second-order valence-corrected chi connectivity index (χ2v) is 15.8. The molecule has 0 bridgehead atoms. The van der Waals surface area contributed by atoms with E-state index in [0.717, 1.165) is 52.0 Å². The van der Waals surface area contributed by atoms with Crippen LogP contribution in [-0.4, -0.2) is 101 Å². The molecule has 7 nitrogen and oxygen atoms in total. The van der Waals surface area contributed by atoms with Gasteiger partial charge in [0, 0.05) is 68.7 Å². The van der Waals surface area contributed by atoms with E-state index in [0.29, 0.717) is 48.3 Å². The highest BCUT2D eigenvalue weighted by atomic mass is 16.5. The smallest absolute Gasteiger partial charge is 0.321 e. The molecule has 2 spiro atoms. The first-order valence-electron chi connectivity index (χ1n) is 16.3. The minimum atomic E-state index is -0.0604. The first-order valence-corrected chi connectivity index (χ1v) is 16.3. The van der Waals surface area contributed by atoms with E-state index >= 15 is 0 Å². The number of nitrogens with zero attached hydrogens (tertiary/aromatic N) is 4. The molecule has 41 heavy (non-hydrogen) atoms. The van der Waals surface area contributed by atoms with E-state index in [4.69, 9.17) is 4.74 Å². The Morgan fingerprint density at radius 3 is 2.51 bits per heavy atom. The standard InChI is InChI=1S/C34H50N4O3/c1-23(2)38-31(40)37(26-12-14-41-20-26)22-33(38)15-29-34(21-33)13-11-28(34)36(29)18-25-17-35(30(39)16-32(3,4)5)19-27(25)24-9-7-6-8-10-24/h6-10,23,25-29H,11-22H2,1-5H3/t25-,26?,27-,28?,29?,33?,34?/m1/s1. The summed E-state index contributed by atoms with van der Waals surface area (Å²) < 4.78 is 5.71. The summed E-state index contributed by atoms with van der Waals surface area (Å²) in [6.07, 6.45) is 6.39. The van der Waals surface area contributed by atoms with Crippen LogP contribution in [0.3, 0.4) is 0 Å². The molecular formula is C34H50N4O3. The summed E-state index contributed by atoms with van der Waals surface area (Å²) in [6, 6.07) is 12.8. The highest BCUT2D eigenvalue weighted by molar-refractivity contribution is 5.79. The van der Waals surface area contributed by atoms with Gasteiger partial charge in [0.05, 0.1) is 18.2 Å². The van der Waals surface area contributed by atoms with E-state index < -0.39 is 0 Å². The van der Waals surface area contributed by atoms with Crippen LogP contribution in [0.5, 0.6) is 0 Å². The molecule has 224 valence electrons. The third-order valence-corrected chi connectivity index (χ3v) is 11.7. The van der Waals surface area contributed by atoms with Gasteiger partial charge in [0.15, 0.2) is 0 Å². The van der Waals surface area contributed by atoms with Crippen LogP contribution in [0, 0.1) is 16.7 Å². The molecule has 1 aromatic rings. The number of carbonyl (C=O) groups excluding carboxylic acids is 2. The molecule has 2 aliphatic carbocycles. The maximum atomic E-state index is 13.8. The number of piperidine rings is 1. The zero-order valence-electron chi connectivity index (χ0n) is 25.8. The molecule has 4 heterocycles. The average Bonchev–Trinajstić information content (AvgIpc) is 3.67. The number of hydrogen-bond acceptors (Lipinski definition) is 4. The van der Waals surface area contributed by atoms with Gasteiger partial charge in [-0.05, 0) is 62.8 Å². The van der Waals surface area contributed by atoms with Crippen molar-refractivity contribution in [2.24, 2.45) is 16.7 Å². The number of likely N-dealkylation sites (tertiary alicyclic amines) is 2. The van der Waals surface area contributed by atoms with Gasteiger partial charge >= 0.3 is 6.03 Å². The van der Waals surface area contributed by atoms with Crippen molar-refractivity contribution in [3.8, 4) is 0 Å². The summed E-state index contributed by atoms with van der Waals surface area (Å²) in [6.45, 7) is 15.9. The number of carbonyl (C=O) groups is 2. The fourth-order valence-corrected chi connectivity index (χ4v) is 10.0. The summed E-state index contributed by atoms with van der Waals surface area (Å²) in [5, 5.41) is 0. The second kappa shape index (κ2) is 9.70. The first kappa shape index (κ1) is 27.7.